The Kier molecular flexibility index (Phi) is 9.97. The van der Waals surface area contributed by atoms with Gasteiger partial charge in [-0.1, -0.05) is 61.8 Å². The number of halogens is 1. The Hall–Kier alpha value is -2.80. The summed E-state index contributed by atoms with van der Waals surface area (Å²) in [6.07, 6.45) is -0.499. The Labute approximate surface area is 200 Å². The Morgan fingerprint density at radius 2 is 1.67 bits per heavy atom. The molecule has 0 spiro atoms. The first-order chi connectivity index (χ1) is 15.6. The molecule has 0 amide bonds. The maximum absolute atomic E-state index is 10.7. The van der Waals surface area contributed by atoms with Gasteiger partial charge in [-0.2, -0.15) is 0 Å². The number of hydrogen-bond donors (Lipinski definition) is 3. The molecule has 7 heteroatoms. The van der Waals surface area contributed by atoms with Crippen molar-refractivity contribution in [3.8, 4) is 11.5 Å². The average molecular weight is 474 g/mol. The van der Waals surface area contributed by atoms with Gasteiger partial charge in [-0.15, -0.1) is 0 Å². The van der Waals surface area contributed by atoms with Crippen molar-refractivity contribution in [1.82, 2.24) is 5.32 Å². The van der Waals surface area contributed by atoms with Crippen LogP contribution in [0.4, 0.5) is 0 Å². The van der Waals surface area contributed by atoms with Crippen LogP contribution in [0.5, 0.6) is 11.5 Å². The zero-order valence-electron chi connectivity index (χ0n) is 19.4. The predicted molar refractivity (Wildman–Crippen MR) is 132 cm³/mol. The van der Waals surface area contributed by atoms with Crippen molar-refractivity contribution < 1.29 is 24.5 Å². The van der Waals surface area contributed by atoms with Gasteiger partial charge in [0.25, 0.3) is 0 Å². The quantitative estimate of drug-likeness (QED) is 0.398. The molecule has 3 rings (SSSR count). The highest BCUT2D eigenvalue weighted by molar-refractivity contribution is 6.30. The lowest BCUT2D eigenvalue weighted by Crippen LogP contribution is -2.37. The van der Waals surface area contributed by atoms with E-state index in [-0.39, 0.29) is 0 Å². The van der Waals surface area contributed by atoms with E-state index in [4.69, 9.17) is 26.2 Å². The van der Waals surface area contributed by atoms with Crippen molar-refractivity contribution in [3.63, 3.8) is 0 Å². The molecule has 0 saturated carbocycles. The number of aliphatic hydroxyl groups is 1. The standard InChI is InChI=1S/C16H21NO2.C10H11ClO3/c1-12(2)17-10-14(18)11-19-16-9-5-7-13-6-3-4-8-15(13)16;1-10(2,9(12)13)14-8-5-3-7(11)4-6-8/h3-9,12,14,17-18H,10-11H2,1-2H3;3-6H,1-2H3,(H,12,13). The number of aliphatic hydroxyl groups excluding tert-OH is 1. The van der Waals surface area contributed by atoms with Gasteiger partial charge < -0.3 is 25.0 Å². The molecule has 0 saturated heterocycles. The van der Waals surface area contributed by atoms with Gasteiger partial charge in [0.1, 0.15) is 24.2 Å². The van der Waals surface area contributed by atoms with E-state index in [9.17, 15) is 9.90 Å². The van der Waals surface area contributed by atoms with Crippen LogP contribution in [0.25, 0.3) is 10.8 Å². The highest BCUT2D eigenvalue weighted by Crippen LogP contribution is 2.25. The van der Waals surface area contributed by atoms with E-state index in [0.717, 1.165) is 16.5 Å². The van der Waals surface area contributed by atoms with E-state index >= 15 is 0 Å². The Balaban J connectivity index is 0.000000245. The molecule has 0 aliphatic carbocycles. The maximum Gasteiger partial charge on any atom is 0.347 e. The summed E-state index contributed by atoms with van der Waals surface area (Å²) in [5.74, 6) is 0.302. The van der Waals surface area contributed by atoms with E-state index in [0.29, 0.717) is 30.0 Å². The molecule has 6 nitrogen and oxygen atoms in total. The molecule has 0 bridgehead atoms. The lowest BCUT2D eigenvalue weighted by atomic mass is 10.1. The van der Waals surface area contributed by atoms with Crippen molar-refractivity contribution >= 4 is 28.3 Å². The first-order valence-electron chi connectivity index (χ1n) is 10.8. The number of rotatable bonds is 9. The van der Waals surface area contributed by atoms with Gasteiger partial charge in [-0.25, -0.2) is 4.79 Å². The van der Waals surface area contributed by atoms with E-state index in [2.05, 4.69) is 31.3 Å². The molecular weight excluding hydrogens is 442 g/mol. The largest absolute Gasteiger partial charge is 0.490 e. The fourth-order valence-corrected chi connectivity index (χ4v) is 2.91. The average Bonchev–Trinajstić information content (AvgIpc) is 2.78. The number of aliphatic carboxylic acids is 1. The first-order valence-corrected chi connectivity index (χ1v) is 11.2. The molecule has 0 aromatic heterocycles. The second kappa shape index (κ2) is 12.4. The van der Waals surface area contributed by atoms with Crippen molar-refractivity contribution in [2.45, 2.75) is 45.4 Å². The van der Waals surface area contributed by atoms with E-state index in [1.165, 1.54) is 13.8 Å². The minimum Gasteiger partial charge on any atom is -0.490 e. The molecule has 33 heavy (non-hydrogen) atoms. The summed E-state index contributed by atoms with van der Waals surface area (Å²) in [5.41, 5.74) is -1.23. The molecule has 178 valence electrons. The summed E-state index contributed by atoms with van der Waals surface area (Å²) in [6, 6.07) is 21.0. The van der Waals surface area contributed by atoms with Crippen molar-refractivity contribution in [1.29, 1.82) is 0 Å². The summed E-state index contributed by atoms with van der Waals surface area (Å²) in [5, 5.41) is 24.7. The lowest BCUT2D eigenvalue weighted by Gasteiger charge is -2.21. The number of benzene rings is 3. The summed E-state index contributed by atoms with van der Waals surface area (Å²) < 4.78 is 11.0. The maximum atomic E-state index is 10.7. The molecule has 0 heterocycles. The van der Waals surface area contributed by atoms with Crippen LogP contribution in [0, 0.1) is 0 Å². The highest BCUT2D eigenvalue weighted by atomic mass is 35.5. The third-order valence-corrected chi connectivity index (χ3v) is 4.90. The van der Waals surface area contributed by atoms with E-state index in [1.54, 1.807) is 24.3 Å². The van der Waals surface area contributed by atoms with Crippen LogP contribution in [0.2, 0.25) is 5.02 Å². The number of carbonyl (C=O) groups is 1. The van der Waals surface area contributed by atoms with Gasteiger partial charge in [0, 0.05) is 23.0 Å². The third kappa shape index (κ3) is 8.92. The smallest absolute Gasteiger partial charge is 0.347 e. The number of carboxylic acid groups (broad SMARTS) is 1. The second-order valence-corrected chi connectivity index (χ2v) is 8.81. The third-order valence-electron chi connectivity index (χ3n) is 4.64. The topological polar surface area (TPSA) is 88.0 Å². The molecule has 3 N–H and O–H groups in total. The monoisotopic (exact) mass is 473 g/mol. The Morgan fingerprint density at radius 3 is 2.30 bits per heavy atom. The fourth-order valence-electron chi connectivity index (χ4n) is 2.78. The molecule has 3 aromatic rings. The van der Waals surface area contributed by atoms with E-state index < -0.39 is 17.7 Å². The van der Waals surface area contributed by atoms with Gasteiger partial charge in [0.2, 0.25) is 0 Å². The number of carboxylic acids is 1. The first kappa shape index (κ1) is 26.5. The molecular formula is C26H32ClNO5. The second-order valence-electron chi connectivity index (χ2n) is 8.38. The minimum absolute atomic E-state index is 0.299. The fraction of sp³-hybridized carbons (Fsp3) is 0.346. The zero-order valence-corrected chi connectivity index (χ0v) is 20.2. The van der Waals surface area contributed by atoms with Crippen molar-refractivity contribution in [2.24, 2.45) is 0 Å². The number of fused-ring (bicyclic) bond motifs is 1. The van der Waals surface area contributed by atoms with Crippen LogP contribution < -0.4 is 14.8 Å². The molecule has 0 fully saturated rings. The number of nitrogens with one attached hydrogen (secondary N) is 1. The van der Waals surface area contributed by atoms with Crippen molar-refractivity contribution in [2.75, 3.05) is 13.2 Å². The van der Waals surface area contributed by atoms with Crippen molar-refractivity contribution in [3.05, 3.63) is 71.8 Å². The Bertz CT molecular complexity index is 1020. The molecule has 3 aromatic carbocycles. The predicted octanol–water partition coefficient (Wildman–Crippen LogP) is 5.16. The van der Waals surface area contributed by atoms with Crippen LogP contribution in [0.1, 0.15) is 27.7 Å². The normalized spacial score (nSPS) is 12.1. The van der Waals surface area contributed by atoms with Crippen LogP contribution in [0.3, 0.4) is 0 Å². The van der Waals surface area contributed by atoms with Crippen LogP contribution in [0.15, 0.2) is 66.7 Å². The van der Waals surface area contributed by atoms with Gasteiger partial charge in [-0.05, 0) is 49.6 Å². The summed E-state index contributed by atoms with van der Waals surface area (Å²) in [4.78, 5) is 10.7. The molecule has 1 unspecified atom stereocenters. The highest BCUT2D eigenvalue weighted by Gasteiger charge is 2.29. The van der Waals surface area contributed by atoms with Gasteiger partial charge in [0.05, 0.1) is 0 Å². The zero-order chi connectivity index (χ0) is 24.4. The molecule has 0 aliphatic rings. The number of hydrogen-bond acceptors (Lipinski definition) is 5. The van der Waals surface area contributed by atoms with Gasteiger partial charge in [0.15, 0.2) is 5.60 Å². The van der Waals surface area contributed by atoms with Crippen LogP contribution in [-0.2, 0) is 4.79 Å². The molecule has 0 radical (unpaired) electrons. The summed E-state index contributed by atoms with van der Waals surface area (Å²) in [6.45, 7) is 7.93. The summed E-state index contributed by atoms with van der Waals surface area (Å²) in [7, 11) is 0. The minimum atomic E-state index is -1.23. The van der Waals surface area contributed by atoms with Gasteiger partial charge >= 0.3 is 5.97 Å². The lowest BCUT2D eigenvalue weighted by molar-refractivity contribution is -0.152. The number of ether oxygens (including phenoxy) is 2. The van der Waals surface area contributed by atoms with Crippen LogP contribution in [-0.4, -0.2) is 47.1 Å². The van der Waals surface area contributed by atoms with E-state index in [1.807, 2.05) is 30.3 Å². The SMILES string of the molecule is CC(C)(Oc1ccc(Cl)cc1)C(=O)O.CC(C)NCC(O)COc1cccc2ccccc12. The Morgan fingerprint density at radius 1 is 1.03 bits per heavy atom. The molecule has 0 aliphatic heterocycles. The van der Waals surface area contributed by atoms with Crippen LogP contribution >= 0.6 is 11.6 Å². The summed E-state index contributed by atoms with van der Waals surface area (Å²) >= 11 is 5.67. The molecule has 1 atom stereocenters. The van der Waals surface area contributed by atoms with Gasteiger partial charge in [-0.3, -0.25) is 0 Å².